The van der Waals surface area contributed by atoms with Gasteiger partial charge in [-0.2, -0.15) is 0 Å². The van der Waals surface area contributed by atoms with Gasteiger partial charge >= 0.3 is 0 Å². The number of hydrogen-bond donors (Lipinski definition) is 2. The van der Waals surface area contributed by atoms with Crippen LogP contribution in [0.5, 0.6) is 0 Å². The van der Waals surface area contributed by atoms with Crippen molar-refractivity contribution in [2.24, 2.45) is 17.4 Å². The van der Waals surface area contributed by atoms with E-state index in [0.29, 0.717) is 12.3 Å². The lowest BCUT2D eigenvalue weighted by Gasteiger charge is -2.26. The minimum atomic E-state index is -0.270. The average Bonchev–Trinajstić information content (AvgIpc) is 2.05. The molecular weight excluding hydrogens is 188 g/mol. The fourth-order valence-corrected chi connectivity index (χ4v) is 1.96. The third kappa shape index (κ3) is 4.48. The summed E-state index contributed by atoms with van der Waals surface area (Å²) in [6, 6.07) is 0.00259. The van der Waals surface area contributed by atoms with Crippen LogP contribution in [0, 0.1) is 5.92 Å². The summed E-state index contributed by atoms with van der Waals surface area (Å²) in [5.41, 5.74) is 10.9. The number of primary amides is 1. The molecule has 1 saturated carbocycles. The first-order chi connectivity index (χ1) is 5.70. The molecule has 0 spiro atoms. The van der Waals surface area contributed by atoms with Crippen LogP contribution in [-0.4, -0.2) is 11.9 Å². The van der Waals surface area contributed by atoms with Crippen LogP contribution in [0.15, 0.2) is 0 Å². The molecule has 3 nitrogen and oxygen atoms in total. The lowest BCUT2D eigenvalue weighted by Crippen LogP contribution is -2.35. The van der Waals surface area contributed by atoms with Crippen molar-refractivity contribution in [3.63, 3.8) is 0 Å². The molecule has 0 radical (unpaired) electrons. The Hall–Kier alpha value is -0.280. The number of rotatable bonds is 3. The van der Waals surface area contributed by atoms with Crippen molar-refractivity contribution in [2.75, 3.05) is 0 Å². The van der Waals surface area contributed by atoms with E-state index in [-0.39, 0.29) is 24.4 Å². The summed E-state index contributed by atoms with van der Waals surface area (Å²) >= 11 is 0. The standard InChI is InChI=1S/C9H18N2O.ClH/c10-8(6-9(11)12)7-4-2-1-3-5-7;/h7-8H,1-6,10H2,(H2,11,12);1H. The van der Waals surface area contributed by atoms with Gasteiger partial charge in [-0.3, -0.25) is 4.79 Å². The van der Waals surface area contributed by atoms with Gasteiger partial charge in [0.2, 0.25) is 5.91 Å². The molecule has 1 unspecified atom stereocenters. The molecule has 0 bridgehead atoms. The van der Waals surface area contributed by atoms with Crippen molar-refractivity contribution in [2.45, 2.75) is 44.6 Å². The Morgan fingerprint density at radius 3 is 2.31 bits per heavy atom. The quantitative estimate of drug-likeness (QED) is 0.729. The Kier molecular flexibility index (Phi) is 6.08. The van der Waals surface area contributed by atoms with E-state index >= 15 is 0 Å². The van der Waals surface area contributed by atoms with E-state index in [4.69, 9.17) is 11.5 Å². The van der Waals surface area contributed by atoms with Gasteiger partial charge in [0.25, 0.3) is 0 Å². The Bertz CT molecular complexity index is 158. The summed E-state index contributed by atoms with van der Waals surface area (Å²) in [5.74, 6) is 0.263. The number of carbonyl (C=O) groups is 1. The summed E-state index contributed by atoms with van der Waals surface area (Å²) in [4.78, 5) is 10.6. The summed E-state index contributed by atoms with van der Waals surface area (Å²) < 4.78 is 0. The van der Waals surface area contributed by atoms with Crippen LogP contribution in [0.2, 0.25) is 0 Å². The van der Waals surface area contributed by atoms with Gasteiger partial charge in [0.1, 0.15) is 0 Å². The van der Waals surface area contributed by atoms with Crippen LogP contribution in [0.3, 0.4) is 0 Å². The smallest absolute Gasteiger partial charge is 0.218 e. The molecule has 4 heteroatoms. The van der Waals surface area contributed by atoms with Gasteiger partial charge in [-0.15, -0.1) is 12.4 Å². The highest BCUT2D eigenvalue weighted by Gasteiger charge is 2.21. The van der Waals surface area contributed by atoms with E-state index in [2.05, 4.69) is 0 Å². The molecule has 1 aliphatic carbocycles. The van der Waals surface area contributed by atoms with Crippen molar-refractivity contribution < 1.29 is 4.79 Å². The van der Waals surface area contributed by atoms with E-state index in [1.165, 1.54) is 32.1 Å². The number of hydrogen-bond acceptors (Lipinski definition) is 2. The number of carbonyl (C=O) groups excluding carboxylic acids is 1. The predicted molar refractivity (Wildman–Crippen MR) is 55.6 cm³/mol. The van der Waals surface area contributed by atoms with E-state index in [0.717, 1.165) is 0 Å². The van der Waals surface area contributed by atoms with Gasteiger partial charge in [0, 0.05) is 12.5 Å². The van der Waals surface area contributed by atoms with Gasteiger partial charge in [0.05, 0.1) is 0 Å². The highest BCUT2D eigenvalue weighted by Crippen LogP contribution is 2.26. The largest absolute Gasteiger partial charge is 0.370 e. The molecule has 1 aliphatic rings. The maximum absolute atomic E-state index is 10.6. The Morgan fingerprint density at radius 1 is 1.31 bits per heavy atom. The number of halogens is 1. The highest BCUT2D eigenvalue weighted by molar-refractivity contribution is 5.85. The average molecular weight is 207 g/mol. The van der Waals surface area contributed by atoms with Crippen molar-refractivity contribution in [3.05, 3.63) is 0 Å². The fourth-order valence-electron chi connectivity index (χ4n) is 1.96. The third-order valence-corrected chi connectivity index (χ3v) is 2.69. The second-order valence-electron chi connectivity index (χ2n) is 3.73. The minimum absolute atomic E-state index is 0. The first-order valence-electron chi connectivity index (χ1n) is 4.74. The van der Waals surface area contributed by atoms with Gasteiger partial charge in [-0.05, 0) is 18.8 Å². The summed E-state index contributed by atoms with van der Waals surface area (Å²) in [6.45, 7) is 0. The maximum Gasteiger partial charge on any atom is 0.218 e. The molecule has 1 fully saturated rings. The second kappa shape index (κ2) is 6.22. The summed E-state index contributed by atoms with van der Waals surface area (Å²) in [5, 5.41) is 0. The normalized spacial score (nSPS) is 20.4. The fraction of sp³-hybridized carbons (Fsp3) is 0.889. The van der Waals surface area contributed by atoms with Crippen molar-refractivity contribution in [3.8, 4) is 0 Å². The molecule has 0 aromatic rings. The first kappa shape index (κ1) is 12.7. The topological polar surface area (TPSA) is 69.1 Å². The van der Waals surface area contributed by atoms with E-state index in [1.54, 1.807) is 0 Å². The lowest BCUT2D eigenvalue weighted by atomic mass is 9.83. The molecule has 1 rings (SSSR count). The van der Waals surface area contributed by atoms with Crippen LogP contribution in [0.25, 0.3) is 0 Å². The van der Waals surface area contributed by atoms with Crippen LogP contribution in [0.4, 0.5) is 0 Å². The van der Waals surface area contributed by atoms with Crippen LogP contribution in [-0.2, 0) is 4.79 Å². The monoisotopic (exact) mass is 206 g/mol. The van der Waals surface area contributed by atoms with Crippen molar-refractivity contribution >= 4 is 18.3 Å². The van der Waals surface area contributed by atoms with Crippen molar-refractivity contribution in [1.82, 2.24) is 0 Å². The molecule has 13 heavy (non-hydrogen) atoms. The molecule has 1 amide bonds. The van der Waals surface area contributed by atoms with Gasteiger partial charge in [-0.1, -0.05) is 19.3 Å². The van der Waals surface area contributed by atoms with Gasteiger partial charge in [-0.25, -0.2) is 0 Å². The van der Waals surface area contributed by atoms with Crippen molar-refractivity contribution in [1.29, 1.82) is 0 Å². The SMILES string of the molecule is Cl.NC(=O)CC(N)C1CCCCC1. The third-order valence-electron chi connectivity index (χ3n) is 2.69. The number of amides is 1. The van der Waals surface area contributed by atoms with Crippen LogP contribution < -0.4 is 11.5 Å². The molecule has 0 aromatic carbocycles. The molecule has 0 saturated heterocycles. The Balaban J connectivity index is 0.00000144. The molecule has 1 atom stereocenters. The Morgan fingerprint density at radius 2 is 1.85 bits per heavy atom. The Labute approximate surface area is 85.6 Å². The molecular formula is C9H19ClN2O. The predicted octanol–water partition coefficient (Wildman–Crippen LogP) is 1.19. The highest BCUT2D eigenvalue weighted by atomic mass is 35.5. The van der Waals surface area contributed by atoms with Gasteiger partial charge in [0.15, 0.2) is 0 Å². The summed E-state index contributed by atoms with van der Waals surface area (Å²) in [7, 11) is 0. The molecule has 0 aliphatic heterocycles. The summed E-state index contributed by atoms with van der Waals surface area (Å²) in [6.07, 6.45) is 6.54. The van der Waals surface area contributed by atoms with E-state index in [1.807, 2.05) is 0 Å². The van der Waals surface area contributed by atoms with Crippen LogP contribution in [0.1, 0.15) is 38.5 Å². The maximum atomic E-state index is 10.6. The zero-order valence-corrected chi connectivity index (χ0v) is 8.69. The van der Waals surface area contributed by atoms with Crippen LogP contribution >= 0.6 is 12.4 Å². The second-order valence-corrected chi connectivity index (χ2v) is 3.73. The molecule has 78 valence electrons. The van der Waals surface area contributed by atoms with E-state index < -0.39 is 0 Å². The first-order valence-corrected chi connectivity index (χ1v) is 4.74. The number of nitrogens with two attached hydrogens (primary N) is 2. The molecule has 0 heterocycles. The molecule has 0 aromatic heterocycles. The molecule has 4 N–H and O–H groups in total. The zero-order valence-electron chi connectivity index (χ0n) is 7.87. The van der Waals surface area contributed by atoms with Gasteiger partial charge < -0.3 is 11.5 Å². The van der Waals surface area contributed by atoms with E-state index in [9.17, 15) is 4.79 Å². The lowest BCUT2D eigenvalue weighted by molar-refractivity contribution is -0.118. The minimum Gasteiger partial charge on any atom is -0.370 e. The zero-order chi connectivity index (χ0) is 8.97.